The molecule has 120 valence electrons. The Balaban J connectivity index is 0.00000242. The summed E-state index contributed by atoms with van der Waals surface area (Å²) in [6, 6.07) is 5.83. The molecule has 2 rings (SSSR count). The van der Waals surface area contributed by atoms with Crippen molar-refractivity contribution in [3.8, 4) is 11.3 Å². The Kier molecular flexibility index (Phi) is 6.93. The van der Waals surface area contributed by atoms with Crippen molar-refractivity contribution in [1.29, 1.82) is 0 Å². The predicted octanol–water partition coefficient (Wildman–Crippen LogP) is 3.68. The van der Waals surface area contributed by atoms with E-state index in [0.717, 1.165) is 6.42 Å². The highest BCUT2D eigenvalue weighted by atomic mass is 35.5. The maximum absolute atomic E-state index is 13.7. The Morgan fingerprint density at radius 2 is 2.14 bits per heavy atom. The van der Waals surface area contributed by atoms with Gasteiger partial charge in [-0.2, -0.15) is 0 Å². The van der Waals surface area contributed by atoms with Gasteiger partial charge in [0.15, 0.2) is 5.13 Å². The number of thiazole rings is 1. The maximum atomic E-state index is 13.7. The Labute approximate surface area is 139 Å². The van der Waals surface area contributed by atoms with Crippen LogP contribution in [0.4, 0.5) is 9.52 Å². The van der Waals surface area contributed by atoms with Crippen LogP contribution in [0.5, 0.6) is 0 Å². The molecular weight excluding hydrogens is 325 g/mol. The minimum Gasteiger partial charge on any atom is -0.320 e. The van der Waals surface area contributed by atoms with E-state index >= 15 is 0 Å². The van der Waals surface area contributed by atoms with Crippen molar-refractivity contribution in [1.82, 2.24) is 4.98 Å². The van der Waals surface area contributed by atoms with Crippen LogP contribution in [0.1, 0.15) is 20.3 Å². The minimum absolute atomic E-state index is 0. The van der Waals surface area contributed by atoms with Crippen LogP contribution in [-0.2, 0) is 4.79 Å². The Morgan fingerprint density at radius 1 is 1.45 bits per heavy atom. The first-order chi connectivity index (χ1) is 10.0. The van der Waals surface area contributed by atoms with Crippen molar-refractivity contribution in [2.45, 2.75) is 26.3 Å². The van der Waals surface area contributed by atoms with Crippen molar-refractivity contribution in [2.24, 2.45) is 11.7 Å². The van der Waals surface area contributed by atoms with Crippen LogP contribution < -0.4 is 11.1 Å². The molecule has 0 aliphatic rings. The molecule has 0 spiro atoms. The molecule has 2 aromatic rings. The highest BCUT2D eigenvalue weighted by Crippen LogP contribution is 2.27. The molecule has 0 radical (unpaired) electrons. The van der Waals surface area contributed by atoms with Gasteiger partial charge in [0.1, 0.15) is 5.82 Å². The molecule has 4 nitrogen and oxygen atoms in total. The van der Waals surface area contributed by atoms with Gasteiger partial charge in [0.05, 0.1) is 11.7 Å². The van der Waals surface area contributed by atoms with Gasteiger partial charge in [-0.15, -0.1) is 23.7 Å². The summed E-state index contributed by atoms with van der Waals surface area (Å²) in [6.07, 6.45) is 0.826. The first kappa shape index (κ1) is 18.5. The standard InChI is InChI=1S/C15H18FN3OS.ClH/c1-3-9(2)13(17)14(20)19-15-18-12(8-21-15)10-6-4-5-7-11(10)16;/h4-9,13H,3,17H2,1-2H3,(H,18,19,20);1H. The largest absolute Gasteiger partial charge is 0.320 e. The Bertz CT molecular complexity index is 635. The Morgan fingerprint density at radius 3 is 2.77 bits per heavy atom. The van der Waals surface area contributed by atoms with Crippen LogP contribution in [0, 0.1) is 11.7 Å². The second-order valence-corrected chi connectivity index (χ2v) is 5.78. The molecule has 2 atom stereocenters. The smallest absolute Gasteiger partial charge is 0.243 e. The number of nitrogens with zero attached hydrogens (tertiary/aromatic N) is 1. The van der Waals surface area contributed by atoms with E-state index < -0.39 is 6.04 Å². The van der Waals surface area contributed by atoms with Gasteiger partial charge in [0.25, 0.3) is 0 Å². The molecule has 3 N–H and O–H groups in total. The lowest BCUT2D eigenvalue weighted by Gasteiger charge is -2.16. The number of rotatable bonds is 5. The second-order valence-electron chi connectivity index (χ2n) is 4.92. The minimum atomic E-state index is -0.573. The Hall–Kier alpha value is -1.50. The SMILES string of the molecule is CCC(C)C(N)C(=O)Nc1nc(-c2ccccc2F)cs1.Cl. The third kappa shape index (κ3) is 4.25. The molecule has 22 heavy (non-hydrogen) atoms. The summed E-state index contributed by atoms with van der Waals surface area (Å²) in [4.78, 5) is 16.2. The molecule has 0 aliphatic heterocycles. The van der Waals surface area contributed by atoms with E-state index in [1.165, 1.54) is 17.4 Å². The topological polar surface area (TPSA) is 68.0 Å². The van der Waals surface area contributed by atoms with E-state index in [2.05, 4.69) is 10.3 Å². The number of nitrogens with two attached hydrogens (primary N) is 1. The third-order valence-electron chi connectivity index (χ3n) is 3.44. The van der Waals surface area contributed by atoms with Crippen molar-refractivity contribution in [3.05, 3.63) is 35.5 Å². The number of halogens is 2. The van der Waals surface area contributed by atoms with Crippen molar-refractivity contribution < 1.29 is 9.18 Å². The normalized spacial score (nSPS) is 13.1. The second kappa shape index (κ2) is 8.22. The number of benzene rings is 1. The summed E-state index contributed by atoms with van der Waals surface area (Å²) < 4.78 is 13.7. The van der Waals surface area contributed by atoms with Gasteiger partial charge in [0, 0.05) is 10.9 Å². The van der Waals surface area contributed by atoms with Crippen LogP contribution >= 0.6 is 23.7 Å². The summed E-state index contributed by atoms with van der Waals surface area (Å²) in [6.45, 7) is 3.91. The quantitative estimate of drug-likeness (QED) is 0.870. The first-order valence-electron chi connectivity index (χ1n) is 6.79. The summed E-state index contributed by atoms with van der Waals surface area (Å²) in [5.41, 5.74) is 6.79. The lowest BCUT2D eigenvalue weighted by Crippen LogP contribution is -2.40. The van der Waals surface area contributed by atoms with Gasteiger partial charge in [-0.1, -0.05) is 32.4 Å². The van der Waals surface area contributed by atoms with Crippen LogP contribution in [0.15, 0.2) is 29.6 Å². The van der Waals surface area contributed by atoms with E-state index in [0.29, 0.717) is 16.4 Å². The van der Waals surface area contributed by atoms with E-state index in [-0.39, 0.29) is 30.0 Å². The van der Waals surface area contributed by atoms with Gasteiger partial charge in [-0.3, -0.25) is 4.79 Å². The van der Waals surface area contributed by atoms with Crippen molar-refractivity contribution in [3.63, 3.8) is 0 Å². The molecule has 0 saturated carbocycles. The van der Waals surface area contributed by atoms with Crippen molar-refractivity contribution >= 4 is 34.8 Å². The third-order valence-corrected chi connectivity index (χ3v) is 4.20. The molecule has 1 amide bonds. The monoisotopic (exact) mass is 343 g/mol. The fraction of sp³-hybridized carbons (Fsp3) is 0.333. The van der Waals surface area contributed by atoms with E-state index in [1.807, 2.05) is 13.8 Å². The molecule has 0 saturated heterocycles. The van der Waals surface area contributed by atoms with Crippen LogP contribution in [0.25, 0.3) is 11.3 Å². The highest BCUT2D eigenvalue weighted by Gasteiger charge is 2.20. The number of carbonyl (C=O) groups excluding carboxylic acids is 1. The molecule has 2 unspecified atom stereocenters. The molecule has 1 aromatic heterocycles. The van der Waals surface area contributed by atoms with Crippen molar-refractivity contribution in [2.75, 3.05) is 5.32 Å². The number of hydrogen-bond acceptors (Lipinski definition) is 4. The average molecular weight is 344 g/mol. The number of amides is 1. The fourth-order valence-electron chi connectivity index (χ4n) is 1.82. The van der Waals surface area contributed by atoms with Crippen LogP contribution in [0.2, 0.25) is 0 Å². The molecule has 0 aliphatic carbocycles. The number of anilines is 1. The van der Waals surface area contributed by atoms with Gasteiger partial charge in [0.2, 0.25) is 5.91 Å². The first-order valence-corrected chi connectivity index (χ1v) is 7.67. The molecular formula is C15H19ClFN3OS. The predicted molar refractivity (Wildman–Crippen MR) is 90.8 cm³/mol. The number of carbonyl (C=O) groups is 1. The number of aromatic nitrogens is 1. The highest BCUT2D eigenvalue weighted by molar-refractivity contribution is 7.14. The molecule has 0 bridgehead atoms. The molecule has 1 aromatic carbocycles. The van der Waals surface area contributed by atoms with Crippen LogP contribution in [-0.4, -0.2) is 16.9 Å². The average Bonchev–Trinajstić information content (AvgIpc) is 2.94. The summed E-state index contributed by atoms with van der Waals surface area (Å²) in [5.74, 6) is -0.508. The van der Waals surface area contributed by atoms with E-state index in [1.54, 1.807) is 23.6 Å². The van der Waals surface area contributed by atoms with Gasteiger partial charge >= 0.3 is 0 Å². The lowest BCUT2D eigenvalue weighted by atomic mass is 10.00. The number of hydrogen-bond donors (Lipinski definition) is 2. The molecule has 0 fully saturated rings. The van der Waals surface area contributed by atoms with E-state index in [9.17, 15) is 9.18 Å². The summed E-state index contributed by atoms with van der Waals surface area (Å²) >= 11 is 1.25. The zero-order valence-electron chi connectivity index (χ0n) is 12.4. The summed E-state index contributed by atoms with van der Waals surface area (Å²) in [7, 11) is 0. The lowest BCUT2D eigenvalue weighted by molar-refractivity contribution is -0.118. The van der Waals surface area contributed by atoms with E-state index in [4.69, 9.17) is 5.73 Å². The van der Waals surface area contributed by atoms with Crippen LogP contribution in [0.3, 0.4) is 0 Å². The van der Waals surface area contributed by atoms with Gasteiger partial charge in [-0.05, 0) is 18.1 Å². The van der Waals surface area contributed by atoms with Gasteiger partial charge in [-0.25, -0.2) is 9.37 Å². The molecule has 7 heteroatoms. The zero-order chi connectivity index (χ0) is 15.4. The number of nitrogens with one attached hydrogen (secondary N) is 1. The fourth-order valence-corrected chi connectivity index (χ4v) is 2.54. The van der Waals surface area contributed by atoms with Gasteiger partial charge < -0.3 is 11.1 Å². The summed E-state index contributed by atoms with van der Waals surface area (Å²) in [5, 5.41) is 4.83. The molecule has 1 heterocycles. The maximum Gasteiger partial charge on any atom is 0.243 e. The zero-order valence-corrected chi connectivity index (χ0v) is 14.0.